The van der Waals surface area contributed by atoms with E-state index in [2.05, 4.69) is 4.98 Å². The van der Waals surface area contributed by atoms with E-state index in [1.54, 1.807) is 0 Å². The van der Waals surface area contributed by atoms with Crippen molar-refractivity contribution in [2.75, 3.05) is 0 Å². The van der Waals surface area contributed by atoms with Gasteiger partial charge in [0.15, 0.2) is 6.29 Å². The highest BCUT2D eigenvalue weighted by atomic mass is 35.5. The molecular formula is C14H10ClNO. The molecule has 0 aliphatic rings. The van der Waals surface area contributed by atoms with Crippen LogP contribution in [0, 0.1) is 0 Å². The molecule has 0 radical (unpaired) electrons. The summed E-state index contributed by atoms with van der Waals surface area (Å²) in [6, 6.07) is 15.4. The molecule has 0 aliphatic heterocycles. The van der Waals surface area contributed by atoms with E-state index in [1.165, 1.54) is 0 Å². The number of hydrogen-bond donors (Lipinski definition) is 0. The number of rotatable bonds is 1. The van der Waals surface area contributed by atoms with Crippen LogP contribution in [-0.2, 0) is 0 Å². The highest BCUT2D eigenvalue weighted by Crippen LogP contribution is 2.23. The number of aldehydes is 1. The summed E-state index contributed by atoms with van der Waals surface area (Å²) >= 11 is 0. The van der Waals surface area contributed by atoms with E-state index in [0.29, 0.717) is 0 Å². The molecule has 0 atom stereocenters. The lowest BCUT2D eigenvalue weighted by molar-refractivity contribution is 0.112. The van der Waals surface area contributed by atoms with E-state index in [-0.39, 0.29) is 12.4 Å². The van der Waals surface area contributed by atoms with E-state index in [0.717, 1.165) is 33.7 Å². The van der Waals surface area contributed by atoms with Crippen LogP contribution in [0.4, 0.5) is 0 Å². The first-order valence-corrected chi connectivity index (χ1v) is 5.13. The first-order valence-electron chi connectivity index (χ1n) is 5.13. The molecule has 1 aromatic heterocycles. The van der Waals surface area contributed by atoms with Crippen LogP contribution in [0.15, 0.2) is 48.5 Å². The van der Waals surface area contributed by atoms with Crippen LogP contribution in [-0.4, -0.2) is 11.3 Å². The number of benzene rings is 2. The third-order valence-corrected chi connectivity index (χ3v) is 2.75. The Balaban J connectivity index is 0.00000108. The average Bonchev–Trinajstić information content (AvgIpc) is 2.36. The summed E-state index contributed by atoms with van der Waals surface area (Å²) in [4.78, 5) is 15.7. The summed E-state index contributed by atoms with van der Waals surface area (Å²) in [6.45, 7) is 0. The lowest BCUT2D eigenvalue weighted by atomic mass is 10.0. The molecule has 0 spiro atoms. The molecule has 17 heavy (non-hydrogen) atoms. The Morgan fingerprint density at radius 1 is 0.824 bits per heavy atom. The van der Waals surface area contributed by atoms with Gasteiger partial charge in [-0.1, -0.05) is 36.4 Å². The van der Waals surface area contributed by atoms with Gasteiger partial charge in [-0.15, -0.1) is 12.4 Å². The Morgan fingerprint density at radius 3 is 1.76 bits per heavy atom. The van der Waals surface area contributed by atoms with E-state index in [4.69, 9.17) is 0 Å². The third kappa shape index (κ3) is 1.77. The van der Waals surface area contributed by atoms with Crippen molar-refractivity contribution in [1.29, 1.82) is 0 Å². The van der Waals surface area contributed by atoms with Gasteiger partial charge >= 0.3 is 0 Å². The van der Waals surface area contributed by atoms with Crippen LogP contribution >= 0.6 is 12.4 Å². The van der Waals surface area contributed by atoms with Crippen LogP contribution in [0.3, 0.4) is 0 Å². The van der Waals surface area contributed by atoms with E-state index in [1.807, 2.05) is 48.5 Å². The standard InChI is InChI=1S/C14H9NO.ClH/c16-9-12-10-5-1-3-7-13(10)15-14-8-4-2-6-11(12)14;/h1-9H;1H. The number of carbonyl (C=O) groups is 1. The van der Waals surface area contributed by atoms with Crippen LogP contribution in [0.2, 0.25) is 0 Å². The Bertz CT molecular complexity index is 640. The van der Waals surface area contributed by atoms with Crippen LogP contribution < -0.4 is 0 Å². The molecule has 0 saturated heterocycles. The summed E-state index contributed by atoms with van der Waals surface area (Å²) in [6.07, 6.45) is 0.909. The van der Waals surface area contributed by atoms with Crippen molar-refractivity contribution in [2.45, 2.75) is 0 Å². The normalized spacial score (nSPS) is 10.1. The molecule has 0 saturated carbocycles. The molecule has 0 amide bonds. The molecule has 0 aliphatic carbocycles. The van der Waals surface area contributed by atoms with Crippen molar-refractivity contribution in [2.24, 2.45) is 0 Å². The fourth-order valence-corrected chi connectivity index (χ4v) is 2.00. The fourth-order valence-electron chi connectivity index (χ4n) is 2.00. The quantitative estimate of drug-likeness (QED) is 0.483. The number of hydrogen-bond acceptors (Lipinski definition) is 2. The first kappa shape index (κ1) is 11.6. The number of carbonyl (C=O) groups excluding carboxylic acids is 1. The van der Waals surface area contributed by atoms with Gasteiger partial charge in [-0.3, -0.25) is 4.79 Å². The number of pyridine rings is 1. The van der Waals surface area contributed by atoms with Gasteiger partial charge in [0.1, 0.15) is 0 Å². The zero-order valence-electron chi connectivity index (χ0n) is 8.96. The van der Waals surface area contributed by atoms with E-state index >= 15 is 0 Å². The smallest absolute Gasteiger partial charge is 0.151 e. The maximum Gasteiger partial charge on any atom is 0.151 e. The van der Waals surface area contributed by atoms with Crippen molar-refractivity contribution in [1.82, 2.24) is 4.98 Å². The molecule has 0 fully saturated rings. The zero-order chi connectivity index (χ0) is 11.0. The predicted octanol–water partition coefficient (Wildman–Crippen LogP) is 3.62. The van der Waals surface area contributed by atoms with Crippen molar-refractivity contribution < 1.29 is 4.79 Å². The molecule has 84 valence electrons. The van der Waals surface area contributed by atoms with Crippen LogP contribution in [0.1, 0.15) is 10.4 Å². The summed E-state index contributed by atoms with van der Waals surface area (Å²) in [5.41, 5.74) is 2.45. The van der Waals surface area contributed by atoms with Gasteiger partial charge in [-0.25, -0.2) is 4.98 Å². The minimum absolute atomic E-state index is 0. The molecule has 2 nitrogen and oxygen atoms in total. The van der Waals surface area contributed by atoms with Gasteiger partial charge in [0.25, 0.3) is 0 Å². The maximum absolute atomic E-state index is 11.2. The van der Waals surface area contributed by atoms with Gasteiger partial charge in [-0.05, 0) is 12.1 Å². The number of halogens is 1. The number of fused-ring (bicyclic) bond motifs is 2. The molecule has 0 bridgehead atoms. The van der Waals surface area contributed by atoms with Gasteiger partial charge in [0, 0.05) is 16.3 Å². The lowest BCUT2D eigenvalue weighted by Gasteiger charge is -2.04. The minimum atomic E-state index is 0. The minimum Gasteiger partial charge on any atom is -0.298 e. The Hall–Kier alpha value is -1.93. The highest BCUT2D eigenvalue weighted by molar-refractivity contribution is 6.09. The predicted molar refractivity (Wildman–Crippen MR) is 71.9 cm³/mol. The molecule has 0 unspecified atom stereocenters. The largest absolute Gasteiger partial charge is 0.298 e. The molecule has 3 rings (SSSR count). The van der Waals surface area contributed by atoms with Gasteiger partial charge in [0.05, 0.1) is 11.0 Å². The number of aromatic nitrogens is 1. The zero-order valence-corrected chi connectivity index (χ0v) is 9.78. The summed E-state index contributed by atoms with van der Waals surface area (Å²) in [5, 5.41) is 1.83. The lowest BCUT2D eigenvalue weighted by Crippen LogP contribution is -1.90. The van der Waals surface area contributed by atoms with Gasteiger partial charge in [0.2, 0.25) is 0 Å². The molecule has 0 N–H and O–H groups in total. The summed E-state index contributed by atoms with van der Waals surface area (Å²) in [5.74, 6) is 0. The molecule has 2 aromatic carbocycles. The third-order valence-electron chi connectivity index (χ3n) is 2.75. The van der Waals surface area contributed by atoms with Crippen molar-refractivity contribution in [3.63, 3.8) is 0 Å². The SMILES string of the molecule is Cl.O=Cc1c2ccccc2nc2ccccc12. The number of para-hydroxylation sites is 2. The van der Waals surface area contributed by atoms with Crippen molar-refractivity contribution in [3.05, 3.63) is 54.1 Å². The Morgan fingerprint density at radius 2 is 1.29 bits per heavy atom. The van der Waals surface area contributed by atoms with Gasteiger partial charge in [-0.2, -0.15) is 0 Å². The van der Waals surface area contributed by atoms with Crippen molar-refractivity contribution >= 4 is 40.5 Å². The molecule has 3 heteroatoms. The van der Waals surface area contributed by atoms with Crippen LogP contribution in [0.25, 0.3) is 21.8 Å². The van der Waals surface area contributed by atoms with Gasteiger partial charge < -0.3 is 0 Å². The Labute approximate surface area is 105 Å². The first-order chi connectivity index (χ1) is 7.90. The monoisotopic (exact) mass is 243 g/mol. The fraction of sp³-hybridized carbons (Fsp3) is 0. The average molecular weight is 244 g/mol. The van der Waals surface area contributed by atoms with Crippen LogP contribution in [0.5, 0.6) is 0 Å². The second kappa shape index (κ2) is 4.52. The topological polar surface area (TPSA) is 30.0 Å². The van der Waals surface area contributed by atoms with E-state index in [9.17, 15) is 4.79 Å². The molecule has 3 aromatic rings. The number of nitrogens with zero attached hydrogens (tertiary/aromatic N) is 1. The molecular weight excluding hydrogens is 234 g/mol. The summed E-state index contributed by atoms with van der Waals surface area (Å²) < 4.78 is 0. The second-order valence-electron chi connectivity index (χ2n) is 3.68. The van der Waals surface area contributed by atoms with E-state index < -0.39 is 0 Å². The maximum atomic E-state index is 11.2. The second-order valence-corrected chi connectivity index (χ2v) is 3.68. The summed E-state index contributed by atoms with van der Waals surface area (Å²) in [7, 11) is 0. The highest BCUT2D eigenvalue weighted by Gasteiger charge is 2.06. The Kier molecular flexibility index (Phi) is 3.07. The van der Waals surface area contributed by atoms with Crippen molar-refractivity contribution in [3.8, 4) is 0 Å². The molecule has 1 heterocycles.